The molecule has 2 amide bonds. The Kier molecular flexibility index (Phi) is 16.6. The lowest BCUT2D eigenvalue weighted by molar-refractivity contribution is 0.0129. The van der Waals surface area contributed by atoms with E-state index in [1.807, 2.05) is 73.6 Å². The Labute approximate surface area is 345 Å². The number of amides is 2. The van der Waals surface area contributed by atoms with Crippen molar-refractivity contribution in [3.8, 4) is 17.2 Å². The van der Waals surface area contributed by atoms with E-state index >= 15 is 0 Å². The Morgan fingerprint density at radius 1 is 0.649 bits per heavy atom. The van der Waals surface area contributed by atoms with Crippen molar-refractivity contribution in [2.24, 2.45) is 0 Å². The molecular formula is C42H57BrN8O6. The van der Waals surface area contributed by atoms with Gasteiger partial charge in [-0.1, -0.05) is 24.3 Å². The Bertz CT molecular complexity index is 1860. The quantitative estimate of drug-likeness (QED) is 0.204. The van der Waals surface area contributed by atoms with Crippen LogP contribution in [0.25, 0.3) is 0 Å². The van der Waals surface area contributed by atoms with Crippen molar-refractivity contribution in [3.63, 3.8) is 0 Å². The Balaban J connectivity index is 0.000000220. The number of aromatic nitrogens is 4. The van der Waals surface area contributed by atoms with Gasteiger partial charge in [0.25, 0.3) is 0 Å². The van der Waals surface area contributed by atoms with Gasteiger partial charge >= 0.3 is 12.2 Å². The zero-order valence-corrected chi connectivity index (χ0v) is 36.0. The lowest BCUT2D eigenvalue weighted by Gasteiger charge is -2.35. The average Bonchev–Trinajstić information content (AvgIpc) is 3.14. The van der Waals surface area contributed by atoms with Crippen LogP contribution < -0.4 is 4.74 Å². The molecule has 6 rings (SSSR count). The van der Waals surface area contributed by atoms with E-state index in [9.17, 15) is 14.7 Å². The summed E-state index contributed by atoms with van der Waals surface area (Å²) in [7, 11) is 0. The first-order valence-electron chi connectivity index (χ1n) is 19.1. The lowest BCUT2D eigenvalue weighted by Crippen LogP contribution is -2.49. The molecule has 2 fully saturated rings. The Morgan fingerprint density at radius 3 is 1.49 bits per heavy atom. The number of ether oxygens (including phenoxy) is 3. The first-order chi connectivity index (χ1) is 26.9. The van der Waals surface area contributed by atoms with Crippen molar-refractivity contribution in [1.29, 1.82) is 0 Å². The molecule has 57 heavy (non-hydrogen) atoms. The molecule has 4 aromatic rings. The number of nitrogens with zero attached hydrogens (tertiary/aromatic N) is 8. The summed E-state index contributed by atoms with van der Waals surface area (Å²) in [5.41, 5.74) is 3.28. The third kappa shape index (κ3) is 16.3. The molecule has 0 atom stereocenters. The topological polar surface area (TPSA) is 147 Å². The van der Waals surface area contributed by atoms with Crippen LogP contribution in [0.4, 0.5) is 9.59 Å². The molecule has 308 valence electrons. The number of piperazine rings is 2. The van der Waals surface area contributed by atoms with Crippen LogP contribution in [0.3, 0.4) is 0 Å². The van der Waals surface area contributed by atoms with Crippen molar-refractivity contribution in [2.75, 3.05) is 52.4 Å². The summed E-state index contributed by atoms with van der Waals surface area (Å²) in [5, 5.41) is 9.98. The van der Waals surface area contributed by atoms with Crippen molar-refractivity contribution in [2.45, 2.75) is 79.7 Å². The van der Waals surface area contributed by atoms with Crippen LogP contribution in [0.1, 0.15) is 63.8 Å². The zero-order valence-electron chi connectivity index (χ0n) is 34.4. The Morgan fingerprint density at radius 2 is 1.07 bits per heavy atom. The highest BCUT2D eigenvalue weighted by Crippen LogP contribution is 2.28. The first-order valence-corrected chi connectivity index (χ1v) is 19.9. The summed E-state index contributed by atoms with van der Waals surface area (Å²) >= 11 is 3.19. The normalized spacial score (nSPS) is 15.0. The molecule has 15 heteroatoms. The van der Waals surface area contributed by atoms with Crippen LogP contribution in [-0.4, -0.2) is 120 Å². The minimum atomic E-state index is -0.469. The van der Waals surface area contributed by atoms with Gasteiger partial charge in [-0.15, -0.1) is 0 Å². The van der Waals surface area contributed by atoms with Crippen LogP contribution >= 0.6 is 15.9 Å². The number of aromatic hydroxyl groups is 1. The van der Waals surface area contributed by atoms with Crippen LogP contribution in [0.15, 0.2) is 78.3 Å². The smallest absolute Gasteiger partial charge is 0.410 e. The maximum Gasteiger partial charge on any atom is 0.410 e. The minimum absolute atomic E-state index is 0.240. The number of hydrogen-bond donors (Lipinski definition) is 1. The number of aryl methyl sites for hydroxylation is 2. The summed E-state index contributed by atoms with van der Waals surface area (Å²) < 4.78 is 17.8. The molecule has 2 saturated heterocycles. The number of hydrogen-bond acceptors (Lipinski definition) is 12. The first kappa shape index (κ1) is 44.8. The molecule has 0 saturated carbocycles. The van der Waals surface area contributed by atoms with E-state index in [2.05, 4.69) is 57.8 Å². The fraction of sp³-hybridized carbons (Fsp3) is 0.476. The number of carbonyl (C=O) groups is 2. The minimum Gasteiger partial charge on any atom is -0.508 e. The van der Waals surface area contributed by atoms with E-state index in [1.165, 1.54) is 12.7 Å². The summed E-state index contributed by atoms with van der Waals surface area (Å²) in [5.74, 6) is 1.77. The second kappa shape index (κ2) is 21.1. The molecular weight excluding hydrogens is 792 g/mol. The molecule has 0 aliphatic carbocycles. The van der Waals surface area contributed by atoms with E-state index in [4.69, 9.17) is 14.2 Å². The highest BCUT2D eigenvalue weighted by molar-refractivity contribution is 9.10. The number of halogens is 1. The summed E-state index contributed by atoms with van der Waals surface area (Å²) in [6.45, 7) is 22.5. The Hall–Kier alpha value is -4.86. The molecule has 2 aliphatic heterocycles. The summed E-state index contributed by atoms with van der Waals surface area (Å²) in [6, 6.07) is 12.0. The standard InChI is InChI=1S/C21H28N4O3.C17H26N2O3.C4H3BrN2/c1-16-5-6-17(19(11-16)27-18-12-22-15-23-13-18)14-24-7-9-25(10-8-24)20(26)28-21(2,3)4;1-13-5-6-14(15(20)11-13)12-18-7-9-19(10-8-18)16(21)22-17(2,3)4;5-4-1-6-3-7-2-4/h5-6,11-13,15H,7-10,14H2,1-4H3;5-6,11,20H,7-10,12H2,1-4H3;1-3H. The van der Waals surface area contributed by atoms with Crippen molar-refractivity contribution >= 4 is 28.1 Å². The van der Waals surface area contributed by atoms with Gasteiger partial charge in [0.1, 0.15) is 35.4 Å². The molecule has 0 unspecified atom stereocenters. The van der Waals surface area contributed by atoms with E-state index in [0.717, 1.165) is 65.2 Å². The van der Waals surface area contributed by atoms with E-state index in [1.54, 1.807) is 40.7 Å². The van der Waals surface area contributed by atoms with Gasteiger partial charge in [0, 0.05) is 89.0 Å². The third-order valence-electron chi connectivity index (χ3n) is 8.59. The summed E-state index contributed by atoms with van der Waals surface area (Å²) in [4.78, 5) is 47.8. The maximum atomic E-state index is 12.2. The SMILES string of the molecule is Brc1cncnc1.Cc1ccc(CN2CCN(C(=O)OC(C)(C)C)CC2)c(O)c1.Cc1ccc(CN2CCN(C(=O)OC(C)(C)C)CC2)c(Oc2cncnc2)c1. The molecule has 1 N–H and O–H groups in total. The number of phenols is 1. The van der Waals surface area contributed by atoms with Crippen LogP contribution in [0.2, 0.25) is 0 Å². The summed E-state index contributed by atoms with van der Waals surface area (Å²) in [6.07, 6.45) is 9.16. The number of rotatable bonds is 6. The van der Waals surface area contributed by atoms with Crippen molar-refractivity contribution in [1.82, 2.24) is 39.5 Å². The monoisotopic (exact) mass is 848 g/mol. The second-order valence-corrected chi connectivity index (χ2v) is 16.9. The molecule has 0 spiro atoms. The maximum absolute atomic E-state index is 12.2. The predicted molar refractivity (Wildman–Crippen MR) is 222 cm³/mol. The highest BCUT2D eigenvalue weighted by atomic mass is 79.9. The number of phenolic OH excluding ortho intramolecular Hbond substituents is 1. The third-order valence-corrected chi connectivity index (χ3v) is 9.00. The largest absolute Gasteiger partial charge is 0.508 e. The van der Waals surface area contributed by atoms with Gasteiger partial charge < -0.3 is 29.1 Å². The van der Waals surface area contributed by atoms with Gasteiger partial charge in [0.05, 0.1) is 16.9 Å². The molecule has 2 aromatic carbocycles. The molecule has 0 radical (unpaired) electrons. The van der Waals surface area contributed by atoms with Gasteiger partial charge in [-0.2, -0.15) is 0 Å². The highest BCUT2D eigenvalue weighted by Gasteiger charge is 2.27. The zero-order chi connectivity index (χ0) is 41.6. The lowest BCUT2D eigenvalue weighted by atomic mass is 10.1. The van der Waals surface area contributed by atoms with Gasteiger partial charge in [-0.05, 0) is 94.6 Å². The average molecular weight is 850 g/mol. The van der Waals surface area contributed by atoms with Crippen LogP contribution in [-0.2, 0) is 22.6 Å². The predicted octanol–water partition coefficient (Wildman–Crippen LogP) is 7.62. The fourth-order valence-electron chi connectivity index (χ4n) is 5.75. The fourth-order valence-corrected chi connectivity index (χ4v) is 5.99. The second-order valence-electron chi connectivity index (χ2n) is 16.0. The molecule has 2 aliphatic rings. The van der Waals surface area contributed by atoms with E-state index in [-0.39, 0.29) is 12.2 Å². The van der Waals surface area contributed by atoms with Crippen molar-refractivity contribution < 1.29 is 28.9 Å². The van der Waals surface area contributed by atoms with Crippen LogP contribution in [0, 0.1) is 13.8 Å². The van der Waals surface area contributed by atoms with E-state index in [0.29, 0.717) is 44.2 Å². The molecule has 2 aromatic heterocycles. The van der Waals surface area contributed by atoms with Gasteiger partial charge in [0.2, 0.25) is 0 Å². The molecule has 14 nitrogen and oxygen atoms in total. The van der Waals surface area contributed by atoms with Crippen LogP contribution in [0.5, 0.6) is 17.2 Å². The number of carbonyl (C=O) groups excluding carboxylic acids is 2. The van der Waals surface area contributed by atoms with Gasteiger partial charge in [-0.25, -0.2) is 29.5 Å². The van der Waals surface area contributed by atoms with Crippen molar-refractivity contribution in [3.05, 3.63) is 101 Å². The number of benzene rings is 2. The molecule has 4 heterocycles. The van der Waals surface area contributed by atoms with E-state index < -0.39 is 11.2 Å². The van der Waals surface area contributed by atoms with Gasteiger partial charge in [-0.3, -0.25) is 9.80 Å². The van der Waals surface area contributed by atoms with Gasteiger partial charge in [0.15, 0.2) is 5.75 Å². The molecule has 0 bridgehead atoms.